The number of methoxy groups -OCH3 is 1. The number of fused-ring (bicyclic) bond motifs is 2. The maximum atomic E-state index is 12.9. The van der Waals surface area contributed by atoms with Crippen molar-refractivity contribution in [3.05, 3.63) is 77.6 Å². The fraction of sp³-hybridized carbons (Fsp3) is 0.333. The second kappa shape index (κ2) is 11.5. The second-order valence-corrected chi connectivity index (χ2v) is 12.3. The molecule has 1 amide bonds. The molecule has 1 aromatic carbocycles. The summed E-state index contributed by atoms with van der Waals surface area (Å²) < 4.78 is 35.8. The van der Waals surface area contributed by atoms with Gasteiger partial charge in [-0.25, -0.2) is 18.4 Å². The van der Waals surface area contributed by atoms with Gasteiger partial charge in [0.1, 0.15) is 5.82 Å². The average molecular weight is 574 g/mol. The van der Waals surface area contributed by atoms with Crippen LogP contribution in [-0.4, -0.2) is 67.9 Å². The molecule has 4 aromatic rings. The van der Waals surface area contributed by atoms with E-state index in [4.69, 9.17) is 19.4 Å². The number of hydrogen-bond acceptors (Lipinski definition) is 9. The summed E-state index contributed by atoms with van der Waals surface area (Å²) >= 11 is 0. The van der Waals surface area contributed by atoms with Crippen molar-refractivity contribution in [2.45, 2.75) is 36.9 Å². The van der Waals surface area contributed by atoms with Crippen LogP contribution in [0.15, 0.2) is 65.7 Å². The van der Waals surface area contributed by atoms with E-state index in [-0.39, 0.29) is 41.9 Å². The Kier molecular flexibility index (Phi) is 7.65. The number of carbonyl (C=O) groups excluding carboxylic acids is 1. The maximum Gasteiger partial charge on any atom is 0.251 e. The third-order valence-electron chi connectivity index (χ3n) is 7.29. The molecule has 2 aliphatic rings. The lowest BCUT2D eigenvalue weighted by molar-refractivity contribution is 0.0950. The molecule has 1 aliphatic heterocycles. The van der Waals surface area contributed by atoms with Gasteiger partial charge < -0.3 is 19.7 Å². The molecule has 212 valence electrons. The van der Waals surface area contributed by atoms with Crippen molar-refractivity contribution in [2.24, 2.45) is 0 Å². The summed E-state index contributed by atoms with van der Waals surface area (Å²) in [6, 6.07) is 16.9. The van der Waals surface area contributed by atoms with Gasteiger partial charge in [0, 0.05) is 36.8 Å². The smallest absolute Gasteiger partial charge is 0.251 e. The van der Waals surface area contributed by atoms with Crippen LogP contribution < -0.4 is 10.2 Å². The van der Waals surface area contributed by atoms with Crippen molar-refractivity contribution in [1.29, 1.82) is 0 Å². The Hall–Kier alpha value is -3.93. The number of pyridine rings is 3. The molecule has 6 rings (SSSR count). The molecule has 1 fully saturated rings. The van der Waals surface area contributed by atoms with Crippen LogP contribution in [0.4, 0.5) is 5.82 Å². The number of hydrogen-bond donors (Lipinski definition) is 1. The minimum Gasteiger partial charge on any atom is -0.383 e. The van der Waals surface area contributed by atoms with Crippen LogP contribution >= 0.6 is 0 Å². The largest absolute Gasteiger partial charge is 0.383 e. The molecule has 0 atom stereocenters. The van der Waals surface area contributed by atoms with Gasteiger partial charge in [0.05, 0.1) is 59.6 Å². The Balaban J connectivity index is 1.19. The van der Waals surface area contributed by atoms with Gasteiger partial charge in [-0.05, 0) is 60.9 Å². The van der Waals surface area contributed by atoms with Crippen LogP contribution in [0, 0.1) is 0 Å². The molecule has 1 saturated carbocycles. The van der Waals surface area contributed by atoms with Crippen molar-refractivity contribution < 1.29 is 22.7 Å². The topological polar surface area (TPSA) is 124 Å². The number of amides is 1. The van der Waals surface area contributed by atoms with Gasteiger partial charge in [0.25, 0.3) is 5.91 Å². The molecule has 41 heavy (non-hydrogen) atoms. The Bertz CT molecular complexity index is 1710. The van der Waals surface area contributed by atoms with Gasteiger partial charge in [-0.1, -0.05) is 12.1 Å². The number of aromatic nitrogens is 3. The highest BCUT2D eigenvalue weighted by atomic mass is 32.2. The van der Waals surface area contributed by atoms with E-state index >= 15 is 0 Å². The van der Waals surface area contributed by atoms with Gasteiger partial charge in [0.2, 0.25) is 0 Å². The van der Waals surface area contributed by atoms with Crippen LogP contribution in [0.3, 0.4) is 0 Å². The highest BCUT2D eigenvalue weighted by Gasteiger charge is 2.30. The molecule has 0 unspecified atom stereocenters. The van der Waals surface area contributed by atoms with Crippen molar-refractivity contribution in [1.82, 2.24) is 20.3 Å². The highest BCUT2D eigenvalue weighted by molar-refractivity contribution is 7.91. The summed E-state index contributed by atoms with van der Waals surface area (Å²) in [6.07, 6.45) is 4.05. The molecule has 1 N–H and O–H groups in total. The monoisotopic (exact) mass is 573 g/mol. The SMILES string of the molecule is COCCN(c1cccc(-c2ccc3cnc(CNC(=O)c4ccc5c(c4)S(=O)(=O)CCOC5)cc3n2)n1)C1CC1. The standard InChI is InChI=1S/C30H31N5O5S/c1-39-12-11-35(24-8-9-24)29-4-2-3-25(34-29)26-10-7-21-17-31-23(16-27(21)33-26)18-32-30(36)20-5-6-22-19-40-13-14-41(37,38)28(22)15-20/h2-7,10,15-17,24H,8-9,11-14,18-19H2,1H3,(H,32,36). The number of anilines is 1. The van der Waals surface area contributed by atoms with Crippen LogP contribution in [0.5, 0.6) is 0 Å². The number of nitrogens with one attached hydrogen (secondary N) is 1. The first-order valence-electron chi connectivity index (χ1n) is 13.6. The summed E-state index contributed by atoms with van der Waals surface area (Å²) in [5.41, 5.74) is 3.73. The first-order chi connectivity index (χ1) is 19.9. The Labute approximate surface area is 238 Å². The third-order valence-corrected chi connectivity index (χ3v) is 9.05. The van der Waals surface area contributed by atoms with E-state index < -0.39 is 9.84 Å². The van der Waals surface area contributed by atoms with Gasteiger partial charge in [-0.15, -0.1) is 0 Å². The molecule has 0 saturated heterocycles. The summed E-state index contributed by atoms with van der Waals surface area (Å²) in [4.78, 5) is 29.6. The van der Waals surface area contributed by atoms with Gasteiger partial charge in [0.15, 0.2) is 9.84 Å². The van der Waals surface area contributed by atoms with E-state index in [1.807, 2.05) is 36.4 Å². The maximum absolute atomic E-state index is 12.9. The zero-order valence-electron chi connectivity index (χ0n) is 22.7. The average Bonchev–Trinajstić information content (AvgIpc) is 3.84. The lowest BCUT2D eigenvalue weighted by atomic mass is 10.1. The highest BCUT2D eigenvalue weighted by Crippen LogP contribution is 2.31. The van der Waals surface area contributed by atoms with E-state index in [1.54, 1.807) is 25.4 Å². The van der Waals surface area contributed by atoms with E-state index in [0.717, 1.165) is 47.5 Å². The minimum absolute atomic E-state index is 0.104. The van der Waals surface area contributed by atoms with Crippen LogP contribution in [0.1, 0.15) is 34.5 Å². The van der Waals surface area contributed by atoms with E-state index in [1.165, 1.54) is 6.07 Å². The van der Waals surface area contributed by atoms with Crippen molar-refractivity contribution in [3.8, 4) is 11.4 Å². The summed E-state index contributed by atoms with van der Waals surface area (Å²) in [6.45, 7) is 1.94. The van der Waals surface area contributed by atoms with Crippen LogP contribution in [-0.2, 0) is 32.5 Å². The molecular formula is C30H31N5O5S. The number of nitrogens with zero attached hydrogens (tertiary/aromatic N) is 4. The van der Waals surface area contributed by atoms with Gasteiger partial charge in [-0.3, -0.25) is 9.78 Å². The summed E-state index contributed by atoms with van der Waals surface area (Å²) in [5.74, 6) is 0.430. The molecule has 10 nitrogen and oxygen atoms in total. The van der Waals surface area contributed by atoms with E-state index in [0.29, 0.717) is 23.9 Å². The van der Waals surface area contributed by atoms with Gasteiger partial charge in [-0.2, -0.15) is 0 Å². The second-order valence-electron chi connectivity index (χ2n) is 10.2. The first kappa shape index (κ1) is 27.3. The zero-order valence-corrected chi connectivity index (χ0v) is 23.6. The fourth-order valence-corrected chi connectivity index (χ4v) is 6.31. The Morgan fingerprint density at radius 2 is 1.95 bits per heavy atom. The molecule has 3 aromatic heterocycles. The molecular weight excluding hydrogens is 542 g/mol. The lowest BCUT2D eigenvalue weighted by Crippen LogP contribution is -2.30. The van der Waals surface area contributed by atoms with Crippen molar-refractivity contribution >= 4 is 32.5 Å². The van der Waals surface area contributed by atoms with E-state index in [2.05, 4.69) is 15.2 Å². The molecule has 0 bridgehead atoms. The molecule has 0 spiro atoms. The summed E-state index contributed by atoms with van der Waals surface area (Å²) in [5, 5.41) is 3.72. The van der Waals surface area contributed by atoms with Crippen LogP contribution in [0.25, 0.3) is 22.3 Å². The molecule has 11 heteroatoms. The van der Waals surface area contributed by atoms with Crippen LogP contribution in [0.2, 0.25) is 0 Å². The van der Waals surface area contributed by atoms with Gasteiger partial charge >= 0.3 is 0 Å². The Morgan fingerprint density at radius 1 is 1.10 bits per heavy atom. The third kappa shape index (κ3) is 6.07. The molecule has 0 radical (unpaired) electrons. The van der Waals surface area contributed by atoms with E-state index in [9.17, 15) is 13.2 Å². The molecule has 4 heterocycles. The van der Waals surface area contributed by atoms with Crippen molar-refractivity contribution in [3.63, 3.8) is 0 Å². The molecule has 1 aliphatic carbocycles. The Morgan fingerprint density at radius 3 is 2.78 bits per heavy atom. The minimum atomic E-state index is -3.51. The number of sulfone groups is 1. The number of benzene rings is 1. The quantitative estimate of drug-likeness (QED) is 0.320. The number of ether oxygens (including phenoxy) is 2. The fourth-order valence-electron chi connectivity index (χ4n) is 4.92. The first-order valence-corrected chi connectivity index (χ1v) is 15.3. The lowest BCUT2D eigenvalue weighted by Gasteiger charge is -2.23. The summed E-state index contributed by atoms with van der Waals surface area (Å²) in [7, 11) is -1.80. The zero-order chi connectivity index (χ0) is 28.4. The predicted molar refractivity (Wildman–Crippen MR) is 154 cm³/mol. The number of carbonyl (C=O) groups is 1. The normalized spacial score (nSPS) is 16.1. The van der Waals surface area contributed by atoms with Crippen molar-refractivity contribution in [2.75, 3.05) is 37.5 Å². The number of rotatable bonds is 9. The predicted octanol–water partition coefficient (Wildman–Crippen LogP) is 3.54.